The highest BCUT2D eigenvalue weighted by atomic mass is 15.0. The molecule has 0 fully saturated rings. The van der Waals surface area contributed by atoms with Gasteiger partial charge in [-0.1, -0.05) is 36.4 Å². The van der Waals surface area contributed by atoms with Gasteiger partial charge < -0.3 is 0 Å². The molecule has 0 aliphatic rings. The molecular formula is C13H13N3. The van der Waals surface area contributed by atoms with Crippen molar-refractivity contribution in [2.24, 2.45) is 0 Å². The maximum absolute atomic E-state index is 4.24. The summed E-state index contributed by atoms with van der Waals surface area (Å²) < 4.78 is 0. The van der Waals surface area contributed by atoms with Gasteiger partial charge in [-0.3, -0.25) is 0 Å². The second kappa shape index (κ2) is 4.66. The first-order valence-electron chi connectivity index (χ1n) is 5.16. The zero-order valence-electron chi connectivity index (χ0n) is 9.38. The van der Waals surface area contributed by atoms with Gasteiger partial charge in [0.05, 0.1) is 0 Å². The van der Waals surface area contributed by atoms with Gasteiger partial charge in [0.25, 0.3) is 0 Å². The lowest BCUT2D eigenvalue weighted by Gasteiger charge is -1.97. The van der Waals surface area contributed by atoms with Gasteiger partial charge in [0.2, 0.25) is 0 Å². The summed E-state index contributed by atoms with van der Waals surface area (Å²) >= 11 is 0. The number of aromatic nitrogens is 3. The maximum atomic E-state index is 4.24. The average Bonchev–Trinajstić information content (AvgIpc) is 2.27. The number of hydrogen-bond donors (Lipinski definition) is 0. The number of nitrogens with zero attached hydrogens (tertiary/aromatic N) is 3. The number of benzene rings is 1. The summed E-state index contributed by atoms with van der Waals surface area (Å²) in [4.78, 5) is 12.6. The molecular weight excluding hydrogens is 198 g/mol. The van der Waals surface area contributed by atoms with E-state index in [1.54, 1.807) is 0 Å². The second-order valence-electron chi connectivity index (χ2n) is 3.53. The van der Waals surface area contributed by atoms with Gasteiger partial charge >= 0.3 is 0 Å². The molecule has 1 heterocycles. The van der Waals surface area contributed by atoms with Crippen LogP contribution in [0.3, 0.4) is 0 Å². The van der Waals surface area contributed by atoms with Crippen molar-refractivity contribution in [3.63, 3.8) is 0 Å². The third-order valence-corrected chi connectivity index (χ3v) is 2.10. The van der Waals surface area contributed by atoms with E-state index in [-0.39, 0.29) is 0 Å². The third kappa shape index (κ3) is 2.73. The highest BCUT2D eigenvalue weighted by Gasteiger charge is 1.95. The fraction of sp³-hybridized carbons (Fsp3) is 0.154. The molecule has 0 bridgehead atoms. The summed E-state index contributed by atoms with van der Waals surface area (Å²) in [6.07, 6.45) is 3.89. The fourth-order valence-corrected chi connectivity index (χ4v) is 1.45. The van der Waals surface area contributed by atoms with E-state index in [4.69, 9.17) is 0 Å². The first-order chi connectivity index (χ1) is 7.74. The van der Waals surface area contributed by atoms with E-state index in [1.165, 1.54) is 0 Å². The highest BCUT2D eigenvalue weighted by molar-refractivity contribution is 5.66. The van der Waals surface area contributed by atoms with Gasteiger partial charge in [0, 0.05) is 0 Å². The minimum absolute atomic E-state index is 0.703. The topological polar surface area (TPSA) is 38.7 Å². The molecule has 1 aromatic carbocycles. The molecule has 0 amide bonds. The molecule has 0 unspecified atom stereocenters. The SMILES string of the molecule is Cc1nc(C)nc(C=Cc2ccccc2)n1. The van der Waals surface area contributed by atoms with E-state index in [0.29, 0.717) is 5.82 Å². The van der Waals surface area contributed by atoms with Crippen LogP contribution in [0.25, 0.3) is 12.2 Å². The quantitative estimate of drug-likeness (QED) is 0.766. The summed E-state index contributed by atoms with van der Waals surface area (Å²) in [5.41, 5.74) is 1.14. The normalized spacial score (nSPS) is 10.9. The van der Waals surface area contributed by atoms with Crippen LogP contribution in [0.1, 0.15) is 23.0 Å². The Balaban J connectivity index is 2.24. The minimum Gasteiger partial charge on any atom is -0.219 e. The molecule has 16 heavy (non-hydrogen) atoms. The zero-order chi connectivity index (χ0) is 11.4. The van der Waals surface area contributed by atoms with E-state index >= 15 is 0 Å². The van der Waals surface area contributed by atoms with Crippen molar-refractivity contribution in [3.05, 3.63) is 53.4 Å². The van der Waals surface area contributed by atoms with Crippen molar-refractivity contribution in [3.8, 4) is 0 Å². The van der Waals surface area contributed by atoms with Crippen molar-refractivity contribution < 1.29 is 0 Å². The predicted molar refractivity (Wildman–Crippen MR) is 64.7 cm³/mol. The van der Waals surface area contributed by atoms with Crippen LogP contribution < -0.4 is 0 Å². The molecule has 0 saturated heterocycles. The Morgan fingerprint density at radius 2 is 1.44 bits per heavy atom. The summed E-state index contributed by atoms with van der Waals surface area (Å²) in [5, 5.41) is 0. The van der Waals surface area contributed by atoms with Crippen molar-refractivity contribution in [1.29, 1.82) is 0 Å². The Morgan fingerprint density at radius 1 is 0.812 bits per heavy atom. The predicted octanol–water partition coefficient (Wildman–Crippen LogP) is 2.66. The van der Waals surface area contributed by atoms with E-state index in [1.807, 2.05) is 56.3 Å². The molecule has 0 aliphatic heterocycles. The highest BCUT2D eigenvalue weighted by Crippen LogP contribution is 2.04. The van der Waals surface area contributed by atoms with Crippen LogP contribution in [-0.4, -0.2) is 15.0 Å². The second-order valence-corrected chi connectivity index (χ2v) is 3.53. The van der Waals surface area contributed by atoms with Gasteiger partial charge in [-0.25, -0.2) is 15.0 Å². The smallest absolute Gasteiger partial charge is 0.156 e. The molecule has 2 aromatic rings. The largest absolute Gasteiger partial charge is 0.219 e. The maximum Gasteiger partial charge on any atom is 0.156 e. The van der Waals surface area contributed by atoms with Crippen LogP contribution in [0.5, 0.6) is 0 Å². The van der Waals surface area contributed by atoms with Crippen molar-refractivity contribution >= 4 is 12.2 Å². The van der Waals surface area contributed by atoms with E-state index in [9.17, 15) is 0 Å². The molecule has 3 nitrogen and oxygen atoms in total. The van der Waals surface area contributed by atoms with E-state index in [0.717, 1.165) is 17.2 Å². The summed E-state index contributed by atoms with van der Waals surface area (Å²) in [7, 11) is 0. The zero-order valence-corrected chi connectivity index (χ0v) is 9.38. The summed E-state index contributed by atoms with van der Waals surface area (Å²) in [5.74, 6) is 2.20. The van der Waals surface area contributed by atoms with Crippen LogP contribution in [0.15, 0.2) is 30.3 Å². The number of hydrogen-bond acceptors (Lipinski definition) is 3. The van der Waals surface area contributed by atoms with Crippen LogP contribution in [0.2, 0.25) is 0 Å². The first-order valence-corrected chi connectivity index (χ1v) is 5.16. The van der Waals surface area contributed by atoms with Crippen molar-refractivity contribution in [2.75, 3.05) is 0 Å². The minimum atomic E-state index is 0.703. The average molecular weight is 211 g/mol. The van der Waals surface area contributed by atoms with Crippen molar-refractivity contribution in [2.45, 2.75) is 13.8 Å². The Bertz CT molecular complexity index is 484. The molecule has 0 saturated carbocycles. The Kier molecular flexibility index (Phi) is 3.05. The summed E-state index contributed by atoms with van der Waals surface area (Å²) in [6.45, 7) is 3.74. The van der Waals surface area contributed by atoms with Crippen molar-refractivity contribution in [1.82, 2.24) is 15.0 Å². The van der Waals surface area contributed by atoms with Gasteiger partial charge in [-0.15, -0.1) is 0 Å². The molecule has 0 aliphatic carbocycles. The van der Waals surface area contributed by atoms with E-state index in [2.05, 4.69) is 15.0 Å². The standard InChI is InChI=1S/C13H13N3/c1-10-14-11(2)16-13(15-10)9-8-12-6-4-3-5-7-12/h3-9H,1-2H3. The fourth-order valence-electron chi connectivity index (χ4n) is 1.45. The molecule has 0 atom stereocenters. The molecule has 0 radical (unpaired) electrons. The number of aryl methyl sites for hydroxylation is 2. The third-order valence-electron chi connectivity index (χ3n) is 2.10. The van der Waals surface area contributed by atoms with Gasteiger partial charge in [0.15, 0.2) is 5.82 Å². The van der Waals surface area contributed by atoms with Crippen LogP contribution >= 0.6 is 0 Å². The molecule has 3 heteroatoms. The molecule has 80 valence electrons. The lowest BCUT2D eigenvalue weighted by molar-refractivity contribution is 0.908. The monoisotopic (exact) mass is 211 g/mol. The lowest BCUT2D eigenvalue weighted by Crippen LogP contribution is -1.97. The Morgan fingerprint density at radius 3 is 2.06 bits per heavy atom. The molecule has 0 spiro atoms. The molecule has 0 N–H and O–H groups in total. The van der Waals surface area contributed by atoms with Crippen LogP contribution in [-0.2, 0) is 0 Å². The van der Waals surface area contributed by atoms with Gasteiger partial charge in [0.1, 0.15) is 11.6 Å². The Hall–Kier alpha value is -2.03. The van der Waals surface area contributed by atoms with Gasteiger partial charge in [-0.2, -0.15) is 0 Å². The Labute approximate surface area is 94.9 Å². The van der Waals surface area contributed by atoms with Gasteiger partial charge in [-0.05, 0) is 25.5 Å². The lowest BCUT2D eigenvalue weighted by atomic mass is 10.2. The van der Waals surface area contributed by atoms with Crippen LogP contribution in [0, 0.1) is 13.8 Å². The molecule has 2 rings (SSSR count). The van der Waals surface area contributed by atoms with E-state index < -0.39 is 0 Å². The molecule has 1 aromatic heterocycles. The van der Waals surface area contributed by atoms with Crippen LogP contribution in [0.4, 0.5) is 0 Å². The number of rotatable bonds is 2. The summed E-state index contributed by atoms with van der Waals surface area (Å²) in [6, 6.07) is 10.1. The first kappa shape index (κ1) is 10.5.